The van der Waals surface area contributed by atoms with E-state index in [-0.39, 0.29) is 11.6 Å². The van der Waals surface area contributed by atoms with E-state index in [1.54, 1.807) is 0 Å². The summed E-state index contributed by atoms with van der Waals surface area (Å²) in [5.41, 5.74) is 1.27. The lowest BCUT2D eigenvalue weighted by Crippen LogP contribution is -2.35. The van der Waals surface area contributed by atoms with Crippen molar-refractivity contribution >= 4 is 0 Å². The van der Waals surface area contributed by atoms with Gasteiger partial charge in [-0.2, -0.15) is 0 Å². The lowest BCUT2D eigenvalue weighted by molar-refractivity contribution is -0.137. The molecule has 0 aromatic carbocycles. The fourth-order valence-electron chi connectivity index (χ4n) is 1.69. The van der Waals surface area contributed by atoms with Crippen molar-refractivity contribution in [1.29, 1.82) is 0 Å². The molecule has 4 nitrogen and oxygen atoms in total. The van der Waals surface area contributed by atoms with Gasteiger partial charge in [0.1, 0.15) is 24.2 Å². The van der Waals surface area contributed by atoms with Crippen molar-refractivity contribution in [2.24, 2.45) is 0 Å². The van der Waals surface area contributed by atoms with Crippen LogP contribution in [-0.4, -0.2) is 24.9 Å². The van der Waals surface area contributed by atoms with Crippen LogP contribution in [0.1, 0.15) is 37.9 Å². The topological polar surface area (TPSA) is 43.6 Å². The van der Waals surface area contributed by atoms with Gasteiger partial charge in [-0.3, -0.25) is 0 Å². The van der Waals surface area contributed by atoms with Gasteiger partial charge in [-0.25, -0.2) is 0 Å². The summed E-state index contributed by atoms with van der Waals surface area (Å²) in [7, 11) is 0. The van der Waals surface area contributed by atoms with E-state index >= 15 is 0 Å². The first-order chi connectivity index (χ1) is 8.44. The Kier molecular flexibility index (Phi) is 4.10. The smallest absolute Gasteiger partial charge is 0.130 e. The number of aryl methyl sites for hydroxylation is 1. The van der Waals surface area contributed by atoms with Crippen LogP contribution in [0.3, 0.4) is 0 Å². The quantitative estimate of drug-likeness (QED) is 0.875. The summed E-state index contributed by atoms with van der Waals surface area (Å²) in [6.07, 6.45) is 0.242. The molecular formula is C14H23NO3. The number of furan rings is 1. The maximum atomic E-state index is 5.80. The summed E-state index contributed by atoms with van der Waals surface area (Å²) >= 11 is 0. The third-order valence-corrected chi connectivity index (χ3v) is 2.92. The van der Waals surface area contributed by atoms with Gasteiger partial charge in [-0.1, -0.05) is 0 Å². The van der Waals surface area contributed by atoms with Crippen LogP contribution >= 0.6 is 0 Å². The van der Waals surface area contributed by atoms with Crippen molar-refractivity contribution < 1.29 is 13.9 Å². The molecule has 1 aliphatic rings. The largest absolute Gasteiger partial charge is 0.462 e. The van der Waals surface area contributed by atoms with Crippen molar-refractivity contribution in [2.45, 2.75) is 52.5 Å². The molecule has 0 radical (unpaired) electrons. The molecule has 1 N–H and O–H groups in total. The van der Waals surface area contributed by atoms with E-state index in [1.807, 2.05) is 0 Å². The predicted molar refractivity (Wildman–Crippen MR) is 69.4 cm³/mol. The maximum Gasteiger partial charge on any atom is 0.130 e. The molecule has 1 aliphatic heterocycles. The Morgan fingerprint density at radius 1 is 1.39 bits per heavy atom. The second-order valence-corrected chi connectivity index (χ2v) is 5.89. The molecule has 1 aromatic heterocycles. The van der Waals surface area contributed by atoms with E-state index in [0.717, 1.165) is 18.1 Å². The Morgan fingerprint density at radius 3 is 2.67 bits per heavy atom. The third-order valence-electron chi connectivity index (χ3n) is 2.92. The number of rotatable bonds is 5. The first-order valence-corrected chi connectivity index (χ1v) is 6.46. The van der Waals surface area contributed by atoms with Gasteiger partial charge in [-0.15, -0.1) is 0 Å². The van der Waals surface area contributed by atoms with Gasteiger partial charge in [0.05, 0.1) is 19.8 Å². The van der Waals surface area contributed by atoms with Gasteiger partial charge in [-0.05, 0) is 39.3 Å². The molecule has 1 fully saturated rings. The minimum Gasteiger partial charge on any atom is -0.462 e. The van der Waals surface area contributed by atoms with E-state index in [2.05, 4.69) is 39.1 Å². The molecule has 0 atom stereocenters. The molecule has 0 saturated carbocycles. The SMILES string of the molecule is Cc1cc(COC2COC2)oc1CNC(C)(C)C. The van der Waals surface area contributed by atoms with Crippen LogP contribution in [-0.2, 0) is 22.6 Å². The van der Waals surface area contributed by atoms with E-state index in [1.165, 1.54) is 5.56 Å². The fourth-order valence-corrected chi connectivity index (χ4v) is 1.69. The van der Waals surface area contributed by atoms with E-state index in [4.69, 9.17) is 13.9 Å². The number of hydrogen-bond donors (Lipinski definition) is 1. The highest BCUT2D eigenvalue weighted by molar-refractivity contribution is 5.19. The molecule has 1 aromatic rings. The average Bonchev–Trinajstić information content (AvgIpc) is 2.53. The van der Waals surface area contributed by atoms with Crippen LogP contribution in [0.4, 0.5) is 0 Å². The predicted octanol–water partition coefficient (Wildman–Crippen LogP) is 2.39. The van der Waals surface area contributed by atoms with Gasteiger partial charge in [0.2, 0.25) is 0 Å². The lowest BCUT2D eigenvalue weighted by atomic mass is 10.1. The Labute approximate surface area is 109 Å². The van der Waals surface area contributed by atoms with Crippen molar-refractivity contribution in [1.82, 2.24) is 5.32 Å². The van der Waals surface area contributed by atoms with Crippen LogP contribution in [0.5, 0.6) is 0 Å². The minimum absolute atomic E-state index is 0.0964. The van der Waals surface area contributed by atoms with Crippen LogP contribution in [0, 0.1) is 6.92 Å². The second kappa shape index (κ2) is 5.43. The zero-order valence-electron chi connectivity index (χ0n) is 11.7. The highest BCUT2D eigenvalue weighted by Crippen LogP contribution is 2.18. The van der Waals surface area contributed by atoms with Crippen molar-refractivity contribution in [3.63, 3.8) is 0 Å². The summed E-state index contributed by atoms with van der Waals surface area (Å²) in [5.74, 6) is 1.89. The molecule has 0 unspecified atom stereocenters. The minimum atomic E-state index is 0.0964. The number of nitrogens with one attached hydrogen (secondary N) is 1. The van der Waals surface area contributed by atoms with Gasteiger partial charge < -0.3 is 19.2 Å². The second-order valence-electron chi connectivity index (χ2n) is 5.89. The molecule has 2 heterocycles. The van der Waals surface area contributed by atoms with Crippen LogP contribution in [0.15, 0.2) is 10.5 Å². The van der Waals surface area contributed by atoms with E-state index in [0.29, 0.717) is 19.8 Å². The van der Waals surface area contributed by atoms with Crippen molar-refractivity contribution in [3.8, 4) is 0 Å². The first-order valence-electron chi connectivity index (χ1n) is 6.46. The monoisotopic (exact) mass is 253 g/mol. The van der Waals surface area contributed by atoms with E-state index < -0.39 is 0 Å². The molecule has 18 heavy (non-hydrogen) atoms. The molecule has 0 spiro atoms. The standard InChI is InChI=1S/C14H23NO3/c1-10-5-11(9-17-12-7-16-8-12)18-13(10)6-15-14(2,3)4/h5,12,15H,6-9H2,1-4H3. The van der Waals surface area contributed by atoms with Gasteiger partial charge in [0.25, 0.3) is 0 Å². The van der Waals surface area contributed by atoms with Crippen LogP contribution in [0.25, 0.3) is 0 Å². The van der Waals surface area contributed by atoms with Crippen LogP contribution < -0.4 is 5.32 Å². The maximum absolute atomic E-state index is 5.80. The first kappa shape index (κ1) is 13.6. The van der Waals surface area contributed by atoms with E-state index in [9.17, 15) is 0 Å². The molecule has 0 aliphatic carbocycles. The third kappa shape index (κ3) is 3.83. The molecule has 102 valence electrons. The normalized spacial score (nSPS) is 16.9. The molecule has 1 saturated heterocycles. The Hall–Kier alpha value is -0.840. The summed E-state index contributed by atoms with van der Waals surface area (Å²) in [6.45, 7) is 11.2. The van der Waals surface area contributed by atoms with Crippen molar-refractivity contribution in [2.75, 3.05) is 13.2 Å². The van der Waals surface area contributed by atoms with Crippen LogP contribution in [0.2, 0.25) is 0 Å². The summed E-state index contributed by atoms with van der Waals surface area (Å²) in [4.78, 5) is 0. The Morgan fingerprint density at radius 2 is 2.11 bits per heavy atom. The highest BCUT2D eigenvalue weighted by Gasteiger charge is 2.20. The molecule has 4 heteroatoms. The van der Waals surface area contributed by atoms with Gasteiger partial charge >= 0.3 is 0 Å². The number of hydrogen-bond acceptors (Lipinski definition) is 4. The number of ether oxygens (including phenoxy) is 2. The zero-order valence-corrected chi connectivity index (χ0v) is 11.7. The zero-order chi connectivity index (χ0) is 13.2. The molecule has 0 amide bonds. The summed E-state index contributed by atoms with van der Waals surface area (Å²) in [5, 5.41) is 3.42. The molecule has 2 rings (SSSR count). The molecular weight excluding hydrogens is 230 g/mol. The van der Waals surface area contributed by atoms with Crippen molar-refractivity contribution in [3.05, 3.63) is 23.2 Å². The average molecular weight is 253 g/mol. The summed E-state index contributed by atoms with van der Waals surface area (Å²) in [6, 6.07) is 2.05. The Bertz CT molecular complexity index is 388. The van der Waals surface area contributed by atoms with Gasteiger partial charge in [0.15, 0.2) is 0 Å². The van der Waals surface area contributed by atoms with Gasteiger partial charge in [0, 0.05) is 5.54 Å². The highest BCUT2D eigenvalue weighted by atomic mass is 16.6. The Balaban J connectivity index is 1.85. The lowest BCUT2D eigenvalue weighted by Gasteiger charge is -2.25. The molecule has 0 bridgehead atoms. The fraction of sp³-hybridized carbons (Fsp3) is 0.714. The summed E-state index contributed by atoms with van der Waals surface area (Å²) < 4.78 is 16.5.